The summed E-state index contributed by atoms with van der Waals surface area (Å²) < 4.78 is 7.58. The lowest BCUT2D eigenvalue weighted by molar-refractivity contribution is 0.251. The zero-order chi connectivity index (χ0) is 16.9. The summed E-state index contributed by atoms with van der Waals surface area (Å²) in [6, 6.07) is 7.44. The number of nitrogens with one attached hydrogen (secondary N) is 2. The van der Waals surface area contributed by atoms with Crippen molar-refractivity contribution in [2.24, 2.45) is 0 Å². The predicted molar refractivity (Wildman–Crippen MR) is 90.9 cm³/mol. The fraction of sp³-hybridized carbons (Fsp3) is 0.353. The molecule has 0 saturated heterocycles. The SMILES string of the molecule is C=C(C)COc1cccc(NC(=O)NCc2nncn2C2CC2)c1. The fourth-order valence-corrected chi connectivity index (χ4v) is 2.26. The minimum atomic E-state index is -0.294. The Labute approximate surface area is 140 Å². The number of rotatable bonds is 7. The first-order chi connectivity index (χ1) is 11.6. The number of anilines is 1. The summed E-state index contributed by atoms with van der Waals surface area (Å²) in [6.07, 6.45) is 4.01. The van der Waals surface area contributed by atoms with Crippen LogP contribution in [0.2, 0.25) is 0 Å². The molecule has 1 aliphatic rings. The van der Waals surface area contributed by atoms with Crippen molar-refractivity contribution >= 4 is 11.7 Å². The molecule has 7 nitrogen and oxygen atoms in total. The Bertz CT molecular complexity index is 736. The Morgan fingerprint density at radius 2 is 2.29 bits per heavy atom. The molecular formula is C17H21N5O2. The van der Waals surface area contributed by atoms with Crippen LogP contribution in [0.25, 0.3) is 0 Å². The van der Waals surface area contributed by atoms with Crippen LogP contribution in [0, 0.1) is 0 Å². The third-order valence-electron chi connectivity index (χ3n) is 3.57. The molecule has 1 fully saturated rings. The van der Waals surface area contributed by atoms with Gasteiger partial charge in [-0.15, -0.1) is 10.2 Å². The predicted octanol–water partition coefficient (Wildman–Crippen LogP) is 2.89. The van der Waals surface area contributed by atoms with Gasteiger partial charge in [0.1, 0.15) is 18.7 Å². The third kappa shape index (κ3) is 4.34. The molecule has 126 valence electrons. The summed E-state index contributed by atoms with van der Waals surface area (Å²) in [4.78, 5) is 12.0. The summed E-state index contributed by atoms with van der Waals surface area (Å²) >= 11 is 0. The van der Waals surface area contributed by atoms with Crippen molar-refractivity contribution in [3.8, 4) is 5.75 Å². The maximum Gasteiger partial charge on any atom is 0.319 e. The molecule has 2 amide bonds. The van der Waals surface area contributed by atoms with E-state index < -0.39 is 0 Å². The standard InChI is InChI=1S/C17H21N5O2/c1-12(2)10-24-15-5-3-4-13(8-15)20-17(23)18-9-16-21-19-11-22(16)14-6-7-14/h3-5,8,11,14H,1,6-7,9-10H2,2H3,(H2,18,20,23). The van der Waals surface area contributed by atoms with Crippen LogP contribution in [-0.2, 0) is 6.54 Å². The highest BCUT2D eigenvalue weighted by molar-refractivity contribution is 5.89. The molecule has 0 bridgehead atoms. The minimum absolute atomic E-state index is 0.294. The maximum atomic E-state index is 12.0. The Balaban J connectivity index is 1.52. The summed E-state index contributed by atoms with van der Waals surface area (Å²) in [6.45, 7) is 6.49. The van der Waals surface area contributed by atoms with Gasteiger partial charge in [0.25, 0.3) is 0 Å². The molecule has 7 heteroatoms. The van der Waals surface area contributed by atoms with Crippen molar-refractivity contribution in [1.82, 2.24) is 20.1 Å². The molecule has 0 atom stereocenters. The van der Waals surface area contributed by atoms with Crippen LogP contribution in [0.3, 0.4) is 0 Å². The van der Waals surface area contributed by atoms with Crippen LogP contribution in [0.5, 0.6) is 5.75 Å². The van der Waals surface area contributed by atoms with Gasteiger partial charge in [0.15, 0.2) is 5.82 Å². The summed E-state index contributed by atoms with van der Waals surface area (Å²) in [5, 5.41) is 13.5. The number of ether oxygens (including phenoxy) is 1. The van der Waals surface area contributed by atoms with Gasteiger partial charge in [-0.3, -0.25) is 0 Å². The molecule has 3 rings (SSSR count). The van der Waals surface area contributed by atoms with Gasteiger partial charge >= 0.3 is 6.03 Å². The van der Waals surface area contributed by atoms with Crippen LogP contribution >= 0.6 is 0 Å². The number of aromatic nitrogens is 3. The van der Waals surface area contributed by atoms with Crippen molar-refractivity contribution in [1.29, 1.82) is 0 Å². The molecule has 1 heterocycles. The molecule has 2 N–H and O–H groups in total. The lowest BCUT2D eigenvalue weighted by Crippen LogP contribution is -2.29. The quantitative estimate of drug-likeness (QED) is 0.766. The number of nitrogens with zero attached hydrogens (tertiary/aromatic N) is 3. The van der Waals surface area contributed by atoms with E-state index in [4.69, 9.17) is 4.74 Å². The molecule has 0 aliphatic heterocycles. The van der Waals surface area contributed by atoms with Gasteiger partial charge in [-0.25, -0.2) is 4.79 Å². The van der Waals surface area contributed by atoms with Gasteiger partial charge in [-0.1, -0.05) is 12.6 Å². The molecule has 1 saturated carbocycles. The van der Waals surface area contributed by atoms with Gasteiger partial charge < -0.3 is 19.9 Å². The van der Waals surface area contributed by atoms with Crippen LogP contribution in [0.15, 0.2) is 42.7 Å². The number of hydrogen-bond acceptors (Lipinski definition) is 4. The van der Waals surface area contributed by atoms with Crippen LogP contribution < -0.4 is 15.4 Å². The number of hydrogen-bond donors (Lipinski definition) is 2. The third-order valence-corrected chi connectivity index (χ3v) is 3.57. The van der Waals surface area contributed by atoms with E-state index in [-0.39, 0.29) is 6.03 Å². The van der Waals surface area contributed by atoms with Crippen molar-refractivity contribution < 1.29 is 9.53 Å². The molecule has 2 aromatic rings. The van der Waals surface area contributed by atoms with Crippen molar-refractivity contribution in [3.05, 3.63) is 48.6 Å². The summed E-state index contributed by atoms with van der Waals surface area (Å²) in [7, 11) is 0. The molecule has 0 unspecified atom stereocenters. The molecular weight excluding hydrogens is 306 g/mol. The highest BCUT2D eigenvalue weighted by atomic mass is 16.5. The number of benzene rings is 1. The van der Waals surface area contributed by atoms with Gasteiger partial charge in [0.05, 0.1) is 6.54 Å². The minimum Gasteiger partial charge on any atom is -0.489 e. The molecule has 0 spiro atoms. The second-order valence-electron chi connectivity index (χ2n) is 5.97. The Kier molecular flexibility index (Phi) is 4.79. The van der Waals surface area contributed by atoms with E-state index in [1.54, 1.807) is 18.5 Å². The molecule has 1 aliphatic carbocycles. The lowest BCUT2D eigenvalue weighted by Gasteiger charge is -2.10. The lowest BCUT2D eigenvalue weighted by atomic mass is 10.3. The molecule has 1 aromatic carbocycles. The second kappa shape index (κ2) is 7.16. The van der Waals surface area contributed by atoms with Crippen molar-refractivity contribution in [3.63, 3.8) is 0 Å². The average molecular weight is 327 g/mol. The number of amides is 2. The van der Waals surface area contributed by atoms with Gasteiger partial charge in [0, 0.05) is 17.8 Å². The van der Waals surface area contributed by atoms with Gasteiger partial charge in [-0.05, 0) is 37.5 Å². The largest absolute Gasteiger partial charge is 0.489 e. The Morgan fingerprint density at radius 1 is 1.46 bits per heavy atom. The highest BCUT2D eigenvalue weighted by Crippen LogP contribution is 2.35. The zero-order valence-electron chi connectivity index (χ0n) is 13.7. The highest BCUT2D eigenvalue weighted by Gasteiger charge is 2.25. The second-order valence-corrected chi connectivity index (χ2v) is 5.97. The Hall–Kier alpha value is -2.83. The monoisotopic (exact) mass is 327 g/mol. The molecule has 1 aromatic heterocycles. The summed E-state index contributed by atoms with van der Waals surface area (Å²) in [5.41, 5.74) is 1.60. The van der Waals surface area contributed by atoms with Crippen molar-refractivity contribution in [2.75, 3.05) is 11.9 Å². The number of carbonyl (C=O) groups excluding carboxylic acids is 1. The topological polar surface area (TPSA) is 81.1 Å². The maximum absolute atomic E-state index is 12.0. The van der Waals surface area contributed by atoms with Crippen LogP contribution in [0.4, 0.5) is 10.5 Å². The number of urea groups is 1. The first kappa shape index (κ1) is 16.0. The van der Waals surface area contributed by atoms with Crippen LogP contribution in [0.1, 0.15) is 31.6 Å². The Morgan fingerprint density at radius 3 is 3.04 bits per heavy atom. The first-order valence-electron chi connectivity index (χ1n) is 7.92. The first-order valence-corrected chi connectivity index (χ1v) is 7.92. The van der Waals surface area contributed by atoms with E-state index in [0.29, 0.717) is 30.6 Å². The average Bonchev–Trinajstić information content (AvgIpc) is 3.29. The van der Waals surface area contributed by atoms with Crippen LogP contribution in [-0.4, -0.2) is 27.4 Å². The van der Waals surface area contributed by atoms with E-state index in [9.17, 15) is 4.79 Å². The fourth-order valence-electron chi connectivity index (χ4n) is 2.26. The van der Waals surface area contributed by atoms with E-state index in [0.717, 1.165) is 24.2 Å². The normalized spacial score (nSPS) is 13.4. The van der Waals surface area contributed by atoms with E-state index in [1.165, 1.54) is 0 Å². The summed E-state index contributed by atoms with van der Waals surface area (Å²) in [5.74, 6) is 1.45. The molecule has 24 heavy (non-hydrogen) atoms. The van der Waals surface area contributed by atoms with Gasteiger partial charge in [-0.2, -0.15) is 0 Å². The van der Waals surface area contributed by atoms with E-state index >= 15 is 0 Å². The van der Waals surface area contributed by atoms with Crippen molar-refractivity contribution in [2.45, 2.75) is 32.4 Å². The van der Waals surface area contributed by atoms with E-state index in [1.807, 2.05) is 23.6 Å². The zero-order valence-corrected chi connectivity index (χ0v) is 13.7. The smallest absolute Gasteiger partial charge is 0.319 e. The number of carbonyl (C=O) groups is 1. The molecule has 0 radical (unpaired) electrons. The van der Waals surface area contributed by atoms with E-state index in [2.05, 4.69) is 27.4 Å². The van der Waals surface area contributed by atoms with Gasteiger partial charge in [0.2, 0.25) is 0 Å².